The second-order valence-corrected chi connectivity index (χ2v) is 10.7. The molecule has 3 aliphatic rings. The van der Waals surface area contributed by atoms with Gasteiger partial charge in [-0.05, 0) is 61.1 Å². The van der Waals surface area contributed by atoms with Gasteiger partial charge in [-0.1, -0.05) is 17.7 Å². The zero-order valence-corrected chi connectivity index (χ0v) is 21.6. The molecular formula is C27H35ClN4O4. The Kier molecular flexibility index (Phi) is 7.93. The van der Waals surface area contributed by atoms with E-state index in [4.69, 9.17) is 21.1 Å². The molecule has 2 aromatic rings. The Bertz CT molecular complexity index is 1040. The topological polar surface area (TPSA) is 88.0 Å². The summed E-state index contributed by atoms with van der Waals surface area (Å²) in [5, 5.41) is 9.92. The van der Waals surface area contributed by atoms with Crippen LogP contribution >= 0.6 is 11.6 Å². The number of rotatable bonds is 10. The minimum absolute atomic E-state index is 0.00557. The number of ether oxygens (including phenoxy) is 2. The molecule has 1 N–H and O–H groups in total. The van der Waals surface area contributed by atoms with Crippen molar-refractivity contribution in [2.24, 2.45) is 17.8 Å². The summed E-state index contributed by atoms with van der Waals surface area (Å²) in [5.41, 5.74) is 1.79. The first-order chi connectivity index (χ1) is 17.5. The molecule has 3 heterocycles. The molecule has 194 valence electrons. The molecule has 0 unspecified atom stereocenters. The number of carbonyl (C=O) groups is 1. The van der Waals surface area contributed by atoms with Crippen LogP contribution in [0.3, 0.4) is 0 Å². The van der Waals surface area contributed by atoms with E-state index < -0.39 is 6.10 Å². The highest BCUT2D eigenvalue weighted by Crippen LogP contribution is 2.49. The third kappa shape index (κ3) is 6.10. The van der Waals surface area contributed by atoms with Gasteiger partial charge in [-0.15, -0.1) is 0 Å². The maximum absolute atomic E-state index is 12.2. The van der Waals surface area contributed by atoms with Crippen molar-refractivity contribution in [1.82, 2.24) is 14.9 Å². The van der Waals surface area contributed by atoms with Gasteiger partial charge in [0, 0.05) is 56.3 Å². The van der Waals surface area contributed by atoms with Gasteiger partial charge in [-0.25, -0.2) is 9.97 Å². The van der Waals surface area contributed by atoms with Crippen LogP contribution in [0.25, 0.3) is 0 Å². The number of aliphatic hydroxyl groups excluding tert-OH is 1. The van der Waals surface area contributed by atoms with Crippen molar-refractivity contribution in [2.75, 3.05) is 44.8 Å². The first-order valence-corrected chi connectivity index (χ1v) is 13.3. The van der Waals surface area contributed by atoms with E-state index in [2.05, 4.69) is 14.9 Å². The summed E-state index contributed by atoms with van der Waals surface area (Å²) in [6, 6.07) is 5.57. The lowest BCUT2D eigenvalue weighted by atomic mass is 9.90. The number of anilines is 1. The number of methoxy groups -OCH3 is 1. The van der Waals surface area contributed by atoms with Crippen LogP contribution in [0.4, 0.5) is 5.95 Å². The normalized spacial score (nSPS) is 22.4. The third-order valence-electron chi connectivity index (χ3n) is 7.75. The largest absolute Gasteiger partial charge is 0.494 e. The van der Waals surface area contributed by atoms with E-state index in [1.165, 1.54) is 19.3 Å². The van der Waals surface area contributed by atoms with E-state index in [1.54, 1.807) is 18.1 Å². The summed E-state index contributed by atoms with van der Waals surface area (Å²) in [6.45, 7) is 4.08. The number of hydrogen-bond donors (Lipinski definition) is 1. The zero-order valence-electron chi connectivity index (χ0n) is 20.8. The van der Waals surface area contributed by atoms with Crippen LogP contribution < -0.4 is 9.64 Å². The predicted octanol–water partition coefficient (Wildman–Crippen LogP) is 3.34. The van der Waals surface area contributed by atoms with Gasteiger partial charge >= 0.3 is 0 Å². The molecule has 0 spiro atoms. The molecule has 1 amide bonds. The van der Waals surface area contributed by atoms with Crippen LogP contribution in [0.2, 0.25) is 5.02 Å². The SMILES string of the molecule is COCc1cnc(N2CCC([C@@H]3C[C@@H]3CCOc3ccc(CC(=O)N4CC(O)C4)c(Cl)c3)CC2)nc1. The summed E-state index contributed by atoms with van der Waals surface area (Å²) in [5.74, 6) is 3.88. The summed E-state index contributed by atoms with van der Waals surface area (Å²) < 4.78 is 11.1. The van der Waals surface area contributed by atoms with Crippen molar-refractivity contribution in [3.63, 3.8) is 0 Å². The van der Waals surface area contributed by atoms with Gasteiger partial charge in [0.05, 0.1) is 25.7 Å². The fourth-order valence-electron chi connectivity index (χ4n) is 5.48. The highest BCUT2D eigenvalue weighted by molar-refractivity contribution is 6.31. The number of hydrogen-bond acceptors (Lipinski definition) is 7. The Morgan fingerprint density at radius 2 is 1.94 bits per heavy atom. The van der Waals surface area contributed by atoms with Gasteiger partial charge in [0.2, 0.25) is 11.9 Å². The standard InChI is InChI=1S/C27H35ClN4O4/c1-35-17-18-13-29-27(30-14-18)31-7-4-19(5-8-31)24-10-20(24)6-9-36-23-3-2-21(25(28)12-23)11-26(34)32-15-22(33)16-32/h2-3,12-14,19-20,22,24,33H,4-11,15-17H2,1H3/t20-,24-/m0/s1. The number of aromatic nitrogens is 2. The van der Waals surface area contributed by atoms with Gasteiger partial charge < -0.3 is 24.4 Å². The van der Waals surface area contributed by atoms with Crippen LogP contribution in [0.5, 0.6) is 5.75 Å². The van der Waals surface area contributed by atoms with Gasteiger partial charge in [0.1, 0.15) is 5.75 Å². The molecule has 0 radical (unpaired) electrons. The van der Waals surface area contributed by atoms with E-state index in [0.29, 0.717) is 31.3 Å². The van der Waals surface area contributed by atoms with Crippen molar-refractivity contribution in [1.29, 1.82) is 0 Å². The van der Waals surface area contributed by atoms with E-state index in [-0.39, 0.29) is 12.3 Å². The van der Waals surface area contributed by atoms with E-state index in [9.17, 15) is 9.90 Å². The molecule has 2 atom stereocenters. The Morgan fingerprint density at radius 3 is 2.61 bits per heavy atom. The second kappa shape index (κ2) is 11.3. The number of benzene rings is 1. The molecule has 2 aliphatic heterocycles. The summed E-state index contributed by atoms with van der Waals surface area (Å²) in [7, 11) is 1.68. The Labute approximate surface area is 217 Å². The molecule has 1 saturated carbocycles. The van der Waals surface area contributed by atoms with E-state index in [0.717, 1.165) is 60.1 Å². The maximum atomic E-state index is 12.2. The molecule has 3 fully saturated rings. The van der Waals surface area contributed by atoms with Crippen LogP contribution in [-0.2, 0) is 22.6 Å². The molecule has 1 aromatic heterocycles. The number of halogens is 1. The lowest BCUT2D eigenvalue weighted by Crippen LogP contribution is -2.53. The van der Waals surface area contributed by atoms with Gasteiger partial charge in [-0.3, -0.25) is 4.79 Å². The molecule has 1 aliphatic carbocycles. The van der Waals surface area contributed by atoms with Gasteiger partial charge in [0.25, 0.3) is 0 Å². The zero-order chi connectivity index (χ0) is 25.1. The minimum Gasteiger partial charge on any atom is -0.494 e. The molecule has 2 saturated heterocycles. The van der Waals surface area contributed by atoms with Crippen molar-refractivity contribution in [3.8, 4) is 5.75 Å². The van der Waals surface area contributed by atoms with E-state index >= 15 is 0 Å². The number of carbonyl (C=O) groups excluding carboxylic acids is 1. The molecular weight excluding hydrogens is 480 g/mol. The van der Waals surface area contributed by atoms with Crippen molar-refractivity contribution < 1.29 is 19.4 Å². The van der Waals surface area contributed by atoms with Crippen molar-refractivity contribution >= 4 is 23.5 Å². The highest BCUT2D eigenvalue weighted by atomic mass is 35.5. The molecule has 8 nitrogen and oxygen atoms in total. The Balaban J connectivity index is 1.01. The number of amides is 1. The first kappa shape index (κ1) is 25.2. The summed E-state index contributed by atoms with van der Waals surface area (Å²) in [6.07, 6.45) is 8.31. The van der Waals surface area contributed by atoms with Crippen LogP contribution in [0.1, 0.15) is 36.8 Å². The van der Waals surface area contributed by atoms with Gasteiger partial charge in [-0.2, -0.15) is 0 Å². The van der Waals surface area contributed by atoms with Crippen molar-refractivity contribution in [3.05, 3.63) is 46.7 Å². The lowest BCUT2D eigenvalue weighted by Gasteiger charge is -2.36. The first-order valence-electron chi connectivity index (χ1n) is 12.9. The lowest BCUT2D eigenvalue weighted by molar-refractivity contribution is -0.140. The Morgan fingerprint density at radius 1 is 1.19 bits per heavy atom. The minimum atomic E-state index is -0.391. The fraction of sp³-hybridized carbons (Fsp3) is 0.593. The second-order valence-electron chi connectivity index (χ2n) is 10.3. The number of aliphatic hydroxyl groups is 1. The molecule has 1 aromatic carbocycles. The van der Waals surface area contributed by atoms with Crippen LogP contribution in [0, 0.1) is 17.8 Å². The van der Waals surface area contributed by atoms with E-state index in [1.807, 2.05) is 24.5 Å². The smallest absolute Gasteiger partial charge is 0.227 e. The fourth-order valence-corrected chi connectivity index (χ4v) is 5.72. The molecule has 5 rings (SSSR count). The quantitative estimate of drug-likeness (QED) is 0.520. The molecule has 9 heteroatoms. The average Bonchev–Trinajstić information content (AvgIpc) is 3.64. The highest BCUT2D eigenvalue weighted by Gasteiger charge is 2.43. The molecule has 36 heavy (non-hydrogen) atoms. The summed E-state index contributed by atoms with van der Waals surface area (Å²) in [4.78, 5) is 25.2. The van der Waals surface area contributed by atoms with Crippen molar-refractivity contribution in [2.45, 2.75) is 44.8 Å². The average molecular weight is 515 g/mol. The maximum Gasteiger partial charge on any atom is 0.227 e. The number of piperidine rings is 1. The van der Waals surface area contributed by atoms with Gasteiger partial charge in [0.15, 0.2) is 0 Å². The Hall–Kier alpha value is -2.42. The monoisotopic (exact) mass is 514 g/mol. The van der Waals surface area contributed by atoms with Crippen LogP contribution in [0.15, 0.2) is 30.6 Å². The molecule has 0 bridgehead atoms. The number of likely N-dealkylation sites (tertiary alicyclic amines) is 1. The predicted molar refractivity (Wildman–Crippen MR) is 137 cm³/mol. The third-order valence-corrected chi connectivity index (χ3v) is 8.10. The summed E-state index contributed by atoms with van der Waals surface area (Å²) >= 11 is 6.41. The number of β-amino-alcohol motifs (C(OH)–C–C–N with tert-alkyl or cyclic N) is 1. The number of nitrogens with zero attached hydrogens (tertiary/aromatic N) is 4. The van der Waals surface area contributed by atoms with Crippen LogP contribution in [-0.4, -0.2) is 71.9 Å².